The van der Waals surface area contributed by atoms with Gasteiger partial charge >= 0.3 is 0 Å². The van der Waals surface area contributed by atoms with Gasteiger partial charge in [-0.25, -0.2) is 0 Å². The van der Waals surface area contributed by atoms with E-state index in [-0.39, 0.29) is 17.7 Å². The molecule has 1 unspecified atom stereocenters. The third-order valence-corrected chi connectivity index (χ3v) is 4.89. The summed E-state index contributed by atoms with van der Waals surface area (Å²) in [4.78, 5) is 12.2. The van der Waals surface area contributed by atoms with E-state index in [0.717, 1.165) is 16.9 Å². The van der Waals surface area contributed by atoms with Gasteiger partial charge in [0.2, 0.25) is 11.8 Å². The number of hydrogen-bond acceptors (Lipinski definition) is 6. The third-order valence-electron chi connectivity index (χ3n) is 3.82. The van der Waals surface area contributed by atoms with Gasteiger partial charge in [0.05, 0.1) is 18.9 Å². The Balaban J connectivity index is 1.53. The second-order valence-electron chi connectivity index (χ2n) is 5.73. The van der Waals surface area contributed by atoms with Gasteiger partial charge in [-0.3, -0.25) is 4.79 Å². The molecule has 0 bridgehead atoms. The molecule has 0 saturated carbocycles. The Morgan fingerprint density at radius 3 is 2.56 bits per heavy atom. The van der Waals surface area contributed by atoms with Gasteiger partial charge in [-0.1, -0.05) is 35.5 Å². The summed E-state index contributed by atoms with van der Waals surface area (Å²) in [6, 6.07) is 14.6. The number of carbonyl (C=O) groups excluding carboxylic acids is 1. The fourth-order valence-electron chi connectivity index (χ4n) is 2.36. The normalized spacial score (nSPS) is 11.8. The summed E-state index contributed by atoms with van der Waals surface area (Å²) in [5.41, 5.74) is 1.77. The highest BCUT2D eigenvalue weighted by Gasteiger charge is 2.13. The first kappa shape index (κ1) is 19.3. The number of nitrogens with zero attached hydrogens (tertiary/aromatic N) is 2. The predicted molar refractivity (Wildman–Crippen MR) is 105 cm³/mol. The highest BCUT2D eigenvalue weighted by Crippen LogP contribution is 2.25. The molecule has 1 N–H and O–H groups in total. The van der Waals surface area contributed by atoms with Crippen molar-refractivity contribution in [3.8, 4) is 17.2 Å². The van der Waals surface area contributed by atoms with E-state index >= 15 is 0 Å². The number of methoxy groups -OCH3 is 1. The summed E-state index contributed by atoms with van der Waals surface area (Å²) in [5.74, 6) is 1.21. The Morgan fingerprint density at radius 1 is 1.19 bits per heavy atom. The largest absolute Gasteiger partial charge is 0.497 e. The summed E-state index contributed by atoms with van der Waals surface area (Å²) < 4.78 is 10.7. The molecule has 1 atom stereocenters. The smallest absolute Gasteiger partial charge is 0.277 e. The first-order valence-corrected chi connectivity index (χ1v) is 9.57. The molecule has 1 aromatic heterocycles. The van der Waals surface area contributed by atoms with Crippen LogP contribution in [0.5, 0.6) is 5.75 Å². The maximum absolute atomic E-state index is 12.2. The second-order valence-corrected chi connectivity index (χ2v) is 7.09. The van der Waals surface area contributed by atoms with E-state index < -0.39 is 0 Å². The minimum absolute atomic E-state index is 0.118. The monoisotopic (exact) mass is 403 g/mol. The Hall–Kier alpha value is -2.51. The van der Waals surface area contributed by atoms with E-state index in [4.69, 9.17) is 20.8 Å². The number of benzene rings is 2. The van der Waals surface area contributed by atoms with Crippen LogP contribution in [0.1, 0.15) is 18.5 Å². The van der Waals surface area contributed by atoms with Crippen LogP contribution in [0.4, 0.5) is 0 Å². The number of aromatic nitrogens is 2. The highest BCUT2D eigenvalue weighted by atomic mass is 35.5. The zero-order valence-electron chi connectivity index (χ0n) is 14.8. The van der Waals surface area contributed by atoms with Crippen molar-refractivity contribution in [2.45, 2.75) is 18.2 Å². The van der Waals surface area contributed by atoms with Crippen LogP contribution in [0, 0.1) is 0 Å². The van der Waals surface area contributed by atoms with E-state index in [1.165, 1.54) is 11.8 Å². The zero-order chi connectivity index (χ0) is 19.2. The number of nitrogens with one attached hydrogen (secondary N) is 1. The topological polar surface area (TPSA) is 77.2 Å². The van der Waals surface area contributed by atoms with E-state index in [1.807, 2.05) is 43.3 Å². The quantitative estimate of drug-likeness (QED) is 0.590. The Bertz CT molecular complexity index is 897. The van der Waals surface area contributed by atoms with E-state index in [2.05, 4.69) is 15.5 Å². The predicted octanol–water partition coefficient (Wildman–Crippen LogP) is 4.37. The molecule has 0 aliphatic heterocycles. The molecule has 0 fully saturated rings. The molecule has 0 radical (unpaired) electrons. The Kier molecular flexibility index (Phi) is 6.36. The summed E-state index contributed by atoms with van der Waals surface area (Å²) in [6.45, 7) is 1.92. The number of thioether (sulfide) groups is 1. The average Bonchev–Trinajstić information content (AvgIpc) is 3.16. The fourth-order valence-corrected chi connectivity index (χ4v) is 3.06. The van der Waals surface area contributed by atoms with Gasteiger partial charge in [0, 0.05) is 10.6 Å². The van der Waals surface area contributed by atoms with Gasteiger partial charge in [0.1, 0.15) is 5.75 Å². The number of ether oxygens (including phenoxy) is 1. The maximum Gasteiger partial charge on any atom is 0.277 e. The van der Waals surface area contributed by atoms with Crippen LogP contribution in [0.15, 0.2) is 58.2 Å². The molecule has 0 aliphatic rings. The summed E-state index contributed by atoms with van der Waals surface area (Å²) in [6.07, 6.45) is 0. The Morgan fingerprint density at radius 2 is 1.89 bits per heavy atom. The third kappa shape index (κ3) is 5.24. The van der Waals surface area contributed by atoms with Crippen LogP contribution in [-0.2, 0) is 4.79 Å². The SMILES string of the molecule is COc1ccc(-c2nnc(SCC(=O)NC(C)c3ccc(Cl)cc3)o2)cc1. The van der Waals surface area contributed by atoms with E-state index in [0.29, 0.717) is 16.1 Å². The van der Waals surface area contributed by atoms with Crippen molar-refractivity contribution in [2.75, 3.05) is 12.9 Å². The van der Waals surface area contributed by atoms with Crippen LogP contribution >= 0.6 is 23.4 Å². The summed E-state index contributed by atoms with van der Waals surface area (Å²) in [7, 11) is 1.61. The van der Waals surface area contributed by atoms with Crippen LogP contribution in [0.2, 0.25) is 5.02 Å². The van der Waals surface area contributed by atoms with Crippen LogP contribution in [0.3, 0.4) is 0 Å². The van der Waals surface area contributed by atoms with Crippen molar-refractivity contribution in [1.82, 2.24) is 15.5 Å². The summed E-state index contributed by atoms with van der Waals surface area (Å²) >= 11 is 7.07. The highest BCUT2D eigenvalue weighted by molar-refractivity contribution is 7.99. The lowest BCUT2D eigenvalue weighted by molar-refractivity contribution is -0.119. The summed E-state index contributed by atoms with van der Waals surface area (Å²) in [5, 5.41) is 11.9. The molecular formula is C19H18ClN3O3S. The van der Waals surface area contributed by atoms with E-state index in [9.17, 15) is 4.79 Å². The molecule has 0 aliphatic carbocycles. The molecule has 1 amide bonds. The van der Waals surface area contributed by atoms with Gasteiger partial charge in [-0.2, -0.15) is 0 Å². The number of amides is 1. The lowest BCUT2D eigenvalue weighted by Gasteiger charge is -2.13. The molecule has 8 heteroatoms. The van der Waals surface area contributed by atoms with Crippen molar-refractivity contribution in [3.63, 3.8) is 0 Å². The van der Waals surface area contributed by atoms with Crippen molar-refractivity contribution in [2.24, 2.45) is 0 Å². The number of carbonyl (C=O) groups is 1. The first-order valence-electron chi connectivity index (χ1n) is 8.20. The second kappa shape index (κ2) is 8.92. The van der Waals surface area contributed by atoms with E-state index in [1.54, 1.807) is 19.2 Å². The molecule has 140 valence electrons. The van der Waals surface area contributed by atoms with Crippen molar-refractivity contribution < 1.29 is 13.9 Å². The first-order chi connectivity index (χ1) is 13.0. The average molecular weight is 404 g/mol. The minimum Gasteiger partial charge on any atom is -0.497 e. The molecule has 2 aromatic carbocycles. The zero-order valence-corrected chi connectivity index (χ0v) is 16.4. The molecule has 0 spiro atoms. The molecule has 27 heavy (non-hydrogen) atoms. The molecule has 3 rings (SSSR count). The minimum atomic E-state index is -0.119. The van der Waals surface area contributed by atoms with Gasteiger partial charge in [-0.05, 0) is 48.9 Å². The van der Waals surface area contributed by atoms with Gasteiger partial charge in [0.25, 0.3) is 5.22 Å². The molecule has 6 nitrogen and oxygen atoms in total. The number of rotatable bonds is 7. The fraction of sp³-hybridized carbons (Fsp3) is 0.211. The van der Waals surface area contributed by atoms with Gasteiger partial charge < -0.3 is 14.5 Å². The maximum atomic E-state index is 12.2. The van der Waals surface area contributed by atoms with Crippen molar-refractivity contribution in [1.29, 1.82) is 0 Å². The standard InChI is InChI=1S/C19H18ClN3O3S/c1-12(13-3-7-15(20)8-4-13)21-17(24)11-27-19-23-22-18(26-19)14-5-9-16(25-2)10-6-14/h3-10,12H,11H2,1-2H3,(H,21,24). The van der Waals surface area contributed by atoms with Gasteiger partial charge in [-0.15, -0.1) is 10.2 Å². The lowest BCUT2D eigenvalue weighted by Crippen LogP contribution is -2.28. The van der Waals surface area contributed by atoms with Crippen molar-refractivity contribution >= 4 is 29.3 Å². The van der Waals surface area contributed by atoms with Crippen LogP contribution in [-0.4, -0.2) is 29.0 Å². The number of hydrogen-bond donors (Lipinski definition) is 1. The molecule has 3 aromatic rings. The molecule has 1 heterocycles. The van der Waals surface area contributed by atoms with Crippen LogP contribution < -0.4 is 10.1 Å². The molecular weight excluding hydrogens is 386 g/mol. The Labute approximate surface area is 166 Å². The molecule has 0 saturated heterocycles. The lowest BCUT2D eigenvalue weighted by atomic mass is 10.1. The number of halogens is 1. The van der Waals surface area contributed by atoms with Crippen LogP contribution in [0.25, 0.3) is 11.5 Å². The van der Waals surface area contributed by atoms with Crippen molar-refractivity contribution in [3.05, 3.63) is 59.1 Å². The van der Waals surface area contributed by atoms with Gasteiger partial charge in [0.15, 0.2) is 0 Å².